The topological polar surface area (TPSA) is 103 Å². The Bertz CT molecular complexity index is 1330. The number of carbonyl (C=O) groups excluding carboxylic acids is 1. The van der Waals surface area contributed by atoms with E-state index in [2.05, 4.69) is 28.7 Å². The molecule has 0 radical (unpaired) electrons. The summed E-state index contributed by atoms with van der Waals surface area (Å²) < 4.78 is 29.8. The normalized spacial score (nSPS) is 12.8. The van der Waals surface area contributed by atoms with Crippen LogP contribution in [0, 0.1) is 40.7 Å². The molecule has 34 heavy (non-hydrogen) atoms. The lowest BCUT2D eigenvalue weighted by Gasteiger charge is -2.18. The monoisotopic (exact) mass is 464 g/mol. The van der Waals surface area contributed by atoms with Gasteiger partial charge in [-0.2, -0.15) is 0 Å². The summed E-state index contributed by atoms with van der Waals surface area (Å²) in [5.74, 6) is 8.50. The van der Waals surface area contributed by atoms with Crippen molar-refractivity contribution in [2.75, 3.05) is 0 Å². The number of aliphatic imine (C=N–C) groups is 1. The Morgan fingerprint density at radius 2 is 1.91 bits per heavy atom. The first kappa shape index (κ1) is 26.1. The molecule has 1 unspecified atom stereocenters. The maximum atomic E-state index is 14.5. The Morgan fingerprint density at radius 3 is 2.56 bits per heavy atom. The Kier molecular flexibility index (Phi) is 8.52. The highest BCUT2D eigenvalue weighted by molar-refractivity contribution is 5.94. The zero-order valence-corrected chi connectivity index (χ0v) is 19.4. The fraction of sp³-hybridized carbons (Fsp3) is 0.269. The van der Waals surface area contributed by atoms with Gasteiger partial charge in [-0.3, -0.25) is 9.59 Å². The summed E-state index contributed by atoms with van der Waals surface area (Å²) >= 11 is 0. The molecule has 1 aromatic carbocycles. The molecule has 1 atom stereocenters. The van der Waals surface area contributed by atoms with Crippen molar-refractivity contribution in [2.24, 2.45) is 28.9 Å². The average molecular weight is 465 g/mol. The number of primary amides is 1. The van der Waals surface area contributed by atoms with Crippen LogP contribution in [0.4, 0.5) is 8.78 Å². The van der Waals surface area contributed by atoms with E-state index in [0.717, 1.165) is 18.2 Å². The van der Waals surface area contributed by atoms with E-state index in [4.69, 9.17) is 11.5 Å². The first-order valence-corrected chi connectivity index (χ1v) is 10.3. The Morgan fingerprint density at radius 1 is 1.21 bits per heavy atom. The number of hydrogen-bond acceptors (Lipinski definition) is 3. The van der Waals surface area contributed by atoms with Crippen molar-refractivity contribution < 1.29 is 13.6 Å². The molecule has 1 heterocycles. The molecular weight excluding hydrogens is 438 g/mol. The van der Waals surface area contributed by atoms with Gasteiger partial charge >= 0.3 is 0 Å². The number of benzene rings is 1. The van der Waals surface area contributed by atoms with Gasteiger partial charge in [-0.25, -0.2) is 13.8 Å². The highest BCUT2D eigenvalue weighted by Crippen LogP contribution is 2.28. The standard InChI is InChI=1S/C26H26F2N4O2/c1-17(29)31-16-22(24(30)33)26(2,3)13-7-5-6-9-19(20-10-8-14-32(4)25(20)34)21-15-18(27)11-12-23(21)28/h8,10-12,14-16,19H,9H2,1-4H3,(H2,29,31)(H2,30,33)/b22-16-. The maximum Gasteiger partial charge on any atom is 0.254 e. The van der Waals surface area contributed by atoms with Crippen molar-refractivity contribution in [1.82, 2.24) is 4.57 Å². The van der Waals surface area contributed by atoms with Crippen molar-refractivity contribution in [3.8, 4) is 23.7 Å². The lowest BCUT2D eigenvalue weighted by molar-refractivity contribution is -0.115. The van der Waals surface area contributed by atoms with Crippen LogP contribution < -0.4 is 17.0 Å². The lowest BCUT2D eigenvalue weighted by atomic mass is 9.85. The Labute approximate surface area is 197 Å². The molecule has 0 bridgehead atoms. The molecular formula is C26H26F2N4O2. The predicted molar refractivity (Wildman–Crippen MR) is 128 cm³/mol. The summed E-state index contributed by atoms with van der Waals surface area (Å²) in [7, 11) is 1.57. The number of amidine groups is 1. The van der Waals surface area contributed by atoms with Gasteiger partial charge in [0.25, 0.3) is 5.56 Å². The fourth-order valence-electron chi connectivity index (χ4n) is 3.20. The van der Waals surface area contributed by atoms with Crippen LogP contribution in [0.1, 0.15) is 44.2 Å². The number of amides is 1. The van der Waals surface area contributed by atoms with Crippen molar-refractivity contribution in [2.45, 2.75) is 33.1 Å². The fourth-order valence-corrected chi connectivity index (χ4v) is 3.20. The Balaban J connectivity index is 2.43. The summed E-state index contributed by atoms with van der Waals surface area (Å²) in [5, 5.41) is 0. The minimum Gasteiger partial charge on any atom is -0.387 e. The predicted octanol–water partition coefficient (Wildman–Crippen LogP) is 2.96. The molecule has 0 aliphatic heterocycles. The summed E-state index contributed by atoms with van der Waals surface area (Å²) in [4.78, 5) is 28.4. The highest BCUT2D eigenvalue weighted by atomic mass is 19.1. The zero-order chi connectivity index (χ0) is 25.5. The van der Waals surface area contributed by atoms with Crippen LogP contribution in [-0.4, -0.2) is 16.3 Å². The van der Waals surface area contributed by atoms with Gasteiger partial charge in [-0.15, -0.1) is 0 Å². The van der Waals surface area contributed by atoms with E-state index in [1.807, 2.05) is 0 Å². The number of rotatable bonds is 6. The minimum atomic E-state index is -0.969. The summed E-state index contributed by atoms with van der Waals surface area (Å²) in [6, 6.07) is 6.31. The average Bonchev–Trinajstić information content (AvgIpc) is 2.74. The van der Waals surface area contributed by atoms with Crippen LogP contribution in [0.2, 0.25) is 0 Å². The van der Waals surface area contributed by atoms with Crippen LogP contribution in [0.15, 0.2) is 58.1 Å². The van der Waals surface area contributed by atoms with Gasteiger partial charge < -0.3 is 16.0 Å². The third-order valence-electron chi connectivity index (χ3n) is 5.03. The minimum absolute atomic E-state index is 0.0178. The SMILES string of the molecule is CC(N)=N/C=C(/C(N)=O)C(C)(C)C#CC#CCC(c1cc(F)ccc1F)c1cccn(C)c1=O. The van der Waals surface area contributed by atoms with Crippen LogP contribution in [0.3, 0.4) is 0 Å². The van der Waals surface area contributed by atoms with E-state index in [1.165, 1.54) is 10.8 Å². The molecule has 2 aromatic rings. The van der Waals surface area contributed by atoms with E-state index in [0.29, 0.717) is 0 Å². The second-order valence-corrected chi connectivity index (χ2v) is 8.16. The molecule has 0 spiro atoms. The zero-order valence-electron chi connectivity index (χ0n) is 19.4. The first-order chi connectivity index (χ1) is 15.9. The van der Waals surface area contributed by atoms with Crippen LogP contribution in [0.5, 0.6) is 0 Å². The van der Waals surface area contributed by atoms with E-state index in [-0.39, 0.29) is 34.5 Å². The third kappa shape index (κ3) is 6.66. The number of nitrogens with zero attached hydrogens (tertiary/aromatic N) is 2. The van der Waals surface area contributed by atoms with Crippen molar-refractivity contribution in [1.29, 1.82) is 0 Å². The summed E-state index contributed by atoms with van der Waals surface area (Å²) in [6.07, 6.45) is 2.86. The first-order valence-electron chi connectivity index (χ1n) is 10.3. The summed E-state index contributed by atoms with van der Waals surface area (Å²) in [6.45, 7) is 4.92. The smallest absolute Gasteiger partial charge is 0.254 e. The second-order valence-electron chi connectivity index (χ2n) is 8.16. The van der Waals surface area contributed by atoms with Crippen LogP contribution in [0.25, 0.3) is 0 Å². The quantitative estimate of drug-likeness (QED) is 0.297. The number of halogens is 2. The van der Waals surface area contributed by atoms with Gasteiger partial charge in [0, 0.05) is 37.3 Å². The van der Waals surface area contributed by atoms with Gasteiger partial charge in [0.1, 0.15) is 11.6 Å². The molecule has 0 aliphatic carbocycles. The van der Waals surface area contributed by atoms with Gasteiger partial charge in [0.2, 0.25) is 5.91 Å². The maximum absolute atomic E-state index is 14.5. The molecule has 1 aromatic heterocycles. The number of nitrogens with two attached hydrogens (primary N) is 2. The van der Waals surface area contributed by atoms with Crippen molar-refractivity contribution in [3.63, 3.8) is 0 Å². The Hall–Kier alpha value is -4.17. The van der Waals surface area contributed by atoms with E-state index >= 15 is 0 Å². The number of pyridine rings is 1. The number of carbonyl (C=O) groups is 1. The number of aryl methyl sites for hydroxylation is 1. The highest BCUT2D eigenvalue weighted by Gasteiger charge is 2.25. The van der Waals surface area contributed by atoms with Gasteiger partial charge in [0.15, 0.2) is 0 Å². The molecule has 0 saturated carbocycles. The van der Waals surface area contributed by atoms with Crippen molar-refractivity contribution >= 4 is 11.7 Å². The molecule has 6 nitrogen and oxygen atoms in total. The third-order valence-corrected chi connectivity index (χ3v) is 5.03. The van der Waals surface area contributed by atoms with Gasteiger partial charge in [0.05, 0.1) is 16.8 Å². The molecule has 8 heteroatoms. The van der Waals surface area contributed by atoms with Gasteiger partial charge in [-0.05, 0) is 62.4 Å². The molecule has 176 valence electrons. The molecule has 0 fully saturated rings. The van der Waals surface area contributed by atoms with E-state index < -0.39 is 28.9 Å². The molecule has 4 N–H and O–H groups in total. The number of hydrogen-bond donors (Lipinski definition) is 2. The molecule has 2 rings (SSSR count). The van der Waals surface area contributed by atoms with E-state index in [9.17, 15) is 18.4 Å². The summed E-state index contributed by atoms with van der Waals surface area (Å²) in [5.41, 5.74) is 10.1. The second kappa shape index (κ2) is 11.1. The van der Waals surface area contributed by atoms with E-state index in [1.54, 1.807) is 46.1 Å². The largest absolute Gasteiger partial charge is 0.387 e. The van der Waals surface area contributed by atoms with Gasteiger partial charge in [-0.1, -0.05) is 17.9 Å². The van der Waals surface area contributed by atoms with Crippen molar-refractivity contribution in [3.05, 3.63) is 81.4 Å². The van der Waals surface area contributed by atoms with Crippen LogP contribution >= 0.6 is 0 Å². The molecule has 1 amide bonds. The number of aromatic nitrogens is 1. The molecule has 0 saturated heterocycles. The lowest BCUT2D eigenvalue weighted by Crippen LogP contribution is -2.25. The molecule has 0 aliphatic rings. The van der Waals surface area contributed by atoms with Crippen LogP contribution in [-0.2, 0) is 11.8 Å².